The van der Waals surface area contributed by atoms with Gasteiger partial charge in [0, 0.05) is 59.1 Å². The van der Waals surface area contributed by atoms with E-state index in [2.05, 4.69) is 51.4 Å². The fraction of sp³-hybridized carbons (Fsp3) is 0.765. The lowest BCUT2D eigenvalue weighted by molar-refractivity contribution is 0.0900. The molecule has 2 rings (SSSR count). The van der Waals surface area contributed by atoms with Crippen LogP contribution in [-0.2, 0) is 13.6 Å². The number of aryl methyl sites for hydroxylation is 1. The Bertz CT molecular complexity index is 515. The number of nitrogens with one attached hydrogen (secondary N) is 2. The summed E-state index contributed by atoms with van der Waals surface area (Å²) < 4.78 is 1.88. The molecule has 0 aromatic carbocycles. The lowest BCUT2D eigenvalue weighted by Gasteiger charge is -2.40. The molecule has 1 atom stereocenters. The van der Waals surface area contributed by atoms with Crippen molar-refractivity contribution < 1.29 is 0 Å². The first-order chi connectivity index (χ1) is 11.5. The Labute approximate surface area is 146 Å². The highest BCUT2D eigenvalue weighted by Crippen LogP contribution is 2.12. The molecular formula is C17H33N7. The van der Waals surface area contributed by atoms with E-state index in [1.165, 1.54) is 0 Å². The van der Waals surface area contributed by atoms with Gasteiger partial charge < -0.3 is 15.5 Å². The molecule has 1 unspecified atom stereocenters. The molecule has 1 aromatic heterocycles. The summed E-state index contributed by atoms with van der Waals surface area (Å²) >= 11 is 0. The largest absolute Gasteiger partial charge is 0.355 e. The standard InChI is InChI=1S/C17H33N7/c1-14(2)16(24-10-8-22(4)9-11-24)13-20-17(18-3)19-12-15-6-7-21-23(15)5/h6-7,14,16H,8-13H2,1-5H3,(H2,18,19,20). The third-order valence-electron chi connectivity index (χ3n) is 4.84. The lowest BCUT2D eigenvalue weighted by Crippen LogP contribution is -2.55. The first-order valence-electron chi connectivity index (χ1n) is 8.85. The first kappa shape index (κ1) is 18.7. The summed E-state index contributed by atoms with van der Waals surface area (Å²) in [6.45, 7) is 10.8. The number of guanidine groups is 1. The Morgan fingerprint density at radius 2 is 1.92 bits per heavy atom. The Morgan fingerprint density at radius 3 is 2.46 bits per heavy atom. The predicted octanol–water partition coefficient (Wildman–Crippen LogP) is 0.357. The Morgan fingerprint density at radius 1 is 1.21 bits per heavy atom. The van der Waals surface area contributed by atoms with Gasteiger partial charge in [-0.25, -0.2) is 0 Å². The van der Waals surface area contributed by atoms with E-state index in [-0.39, 0.29) is 0 Å². The minimum atomic E-state index is 0.522. The maximum absolute atomic E-state index is 4.34. The number of likely N-dealkylation sites (N-methyl/N-ethyl adjacent to an activating group) is 1. The van der Waals surface area contributed by atoms with E-state index in [0.717, 1.165) is 50.9 Å². The average molecular weight is 336 g/mol. The van der Waals surface area contributed by atoms with Crippen molar-refractivity contribution in [1.82, 2.24) is 30.2 Å². The van der Waals surface area contributed by atoms with Crippen LogP contribution >= 0.6 is 0 Å². The van der Waals surface area contributed by atoms with Gasteiger partial charge in [0.25, 0.3) is 0 Å². The average Bonchev–Trinajstić information content (AvgIpc) is 2.97. The van der Waals surface area contributed by atoms with Crippen LogP contribution < -0.4 is 10.6 Å². The number of rotatable bonds is 6. The molecule has 0 spiro atoms. The van der Waals surface area contributed by atoms with E-state index < -0.39 is 0 Å². The van der Waals surface area contributed by atoms with Crippen molar-refractivity contribution in [3.8, 4) is 0 Å². The van der Waals surface area contributed by atoms with Gasteiger partial charge in [0.05, 0.1) is 12.2 Å². The fourth-order valence-corrected chi connectivity index (χ4v) is 3.11. The molecule has 0 amide bonds. The summed E-state index contributed by atoms with van der Waals surface area (Å²) in [4.78, 5) is 9.35. The highest BCUT2D eigenvalue weighted by Gasteiger charge is 2.25. The van der Waals surface area contributed by atoms with Crippen LogP contribution in [-0.4, -0.2) is 78.4 Å². The van der Waals surface area contributed by atoms with E-state index in [9.17, 15) is 0 Å². The van der Waals surface area contributed by atoms with Crippen molar-refractivity contribution in [2.75, 3.05) is 46.8 Å². The third kappa shape index (κ3) is 5.21. The number of hydrogen-bond donors (Lipinski definition) is 2. The van der Waals surface area contributed by atoms with Crippen molar-refractivity contribution in [2.24, 2.45) is 18.0 Å². The number of nitrogens with zero attached hydrogens (tertiary/aromatic N) is 5. The van der Waals surface area contributed by atoms with Crippen LogP contribution in [0.5, 0.6) is 0 Å². The maximum atomic E-state index is 4.34. The van der Waals surface area contributed by atoms with Crippen molar-refractivity contribution in [2.45, 2.75) is 26.4 Å². The van der Waals surface area contributed by atoms with E-state index >= 15 is 0 Å². The van der Waals surface area contributed by atoms with E-state index in [4.69, 9.17) is 0 Å². The molecule has 0 saturated carbocycles. The molecule has 7 nitrogen and oxygen atoms in total. The SMILES string of the molecule is CN=C(NCc1ccnn1C)NCC(C(C)C)N1CCN(C)CC1. The molecule has 1 aromatic rings. The molecule has 1 saturated heterocycles. The summed E-state index contributed by atoms with van der Waals surface area (Å²) in [5, 5.41) is 11.1. The molecule has 1 aliphatic rings. The van der Waals surface area contributed by atoms with Crippen LogP contribution in [0.15, 0.2) is 17.3 Å². The molecule has 24 heavy (non-hydrogen) atoms. The van der Waals surface area contributed by atoms with Gasteiger partial charge >= 0.3 is 0 Å². The quantitative estimate of drug-likeness (QED) is 0.581. The van der Waals surface area contributed by atoms with Crippen molar-refractivity contribution in [3.63, 3.8) is 0 Å². The maximum Gasteiger partial charge on any atom is 0.191 e. The molecular weight excluding hydrogens is 302 g/mol. The second-order valence-electron chi connectivity index (χ2n) is 6.90. The van der Waals surface area contributed by atoms with Gasteiger partial charge in [0.1, 0.15) is 0 Å². The number of aromatic nitrogens is 2. The van der Waals surface area contributed by atoms with Crippen LogP contribution in [0.2, 0.25) is 0 Å². The van der Waals surface area contributed by atoms with Crippen LogP contribution in [0.1, 0.15) is 19.5 Å². The zero-order valence-electron chi connectivity index (χ0n) is 15.8. The van der Waals surface area contributed by atoms with Gasteiger partial charge in [0.15, 0.2) is 5.96 Å². The van der Waals surface area contributed by atoms with Gasteiger partial charge in [-0.15, -0.1) is 0 Å². The summed E-state index contributed by atoms with van der Waals surface area (Å²) in [6.07, 6.45) is 1.81. The Hall–Kier alpha value is -1.60. The van der Waals surface area contributed by atoms with Gasteiger partial charge in [0.2, 0.25) is 0 Å². The summed E-state index contributed by atoms with van der Waals surface area (Å²) in [7, 11) is 5.97. The highest BCUT2D eigenvalue weighted by atomic mass is 15.3. The van der Waals surface area contributed by atoms with Crippen LogP contribution in [0.3, 0.4) is 0 Å². The molecule has 136 valence electrons. The van der Waals surface area contributed by atoms with Gasteiger partial charge in [-0.05, 0) is 19.0 Å². The normalized spacial score (nSPS) is 18.8. The number of piperazine rings is 1. The van der Waals surface area contributed by atoms with E-state index in [0.29, 0.717) is 12.0 Å². The Kier molecular flexibility index (Phi) is 7.05. The fourth-order valence-electron chi connectivity index (χ4n) is 3.11. The number of hydrogen-bond acceptors (Lipinski definition) is 4. The predicted molar refractivity (Wildman–Crippen MR) is 99.1 cm³/mol. The molecule has 1 aliphatic heterocycles. The van der Waals surface area contributed by atoms with Crippen LogP contribution in [0.25, 0.3) is 0 Å². The molecule has 1 fully saturated rings. The molecule has 0 bridgehead atoms. The lowest BCUT2D eigenvalue weighted by atomic mass is 10.0. The molecule has 2 N–H and O–H groups in total. The molecule has 0 aliphatic carbocycles. The van der Waals surface area contributed by atoms with Gasteiger partial charge in [-0.2, -0.15) is 5.10 Å². The van der Waals surface area contributed by atoms with Crippen molar-refractivity contribution in [3.05, 3.63) is 18.0 Å². The van der Waals surface area contributed by atoms with Crippen molar-refractivity contribution in [1.29, 1.82) is 0 Å². The van der Waals surface area contributed by atoms with E-state index in [1.54, 1.807) is 0 Å². The topological polar surface area (TPSA) is 60.7 Å². The second kappa shape index (κ2) is 9.03. The second-order valence-corrected chi connectivity index (χ2v) is 6.90. The number of aliphatic imine (C=N–C) groups is 1. The molecule has 2 heterocycles. The monoisotopic (exact) mass is 335 g/mol. The summed E-state index contributed by atoms with van der Waals surface area (Å²) in [5.74, 6) is 1.45. The third-order valence-corrected chi connectivity index (χ3v) is 4.84. The first-order valence-corrected chi connectivity index (χ1v) is 8.85. The van der Waals surface area contributed by atoms with Gasteiger partial charge in [-0.3, -0.25) is 14.6 Å². The van der Waals surface area contributed by atoms with Crippen LogP contribution in [0.4, 0.5) is 0 Å². The zero-order valence-corrected chi connectivity index (χ0v) is 15.8. The minimum Gasteiger partial charge on any atom is -0.355 e. The molecule has 0 radical (unpaired) electrons. The van der Waals surface area contributed by atoms with Crippen LogP contribution in [0, 0.1) is 5.92 Å². The van der Waals surface area contributed by atoms with E-state index in [1.807, 2.05) is 31.0 Å². The minimum absolute atomic E-state index is 0.522. The van der Waals surface area contributed by atoms with Gasteiger partial charge in [-0.1, -0.05) is 13.8 Å². The summed E-state index contributed by atoms with van der Waals surface area (Å²) in [6, 6.07) is 2.54. The zero-order chi connectivity index (χ0) is 17.5. The highest BCUT2D eigenvalue weighted by molar-refractivity contribution is 5.79. The molecule has 7 heteroatoms. The smallest absolute Gasteiger partial charge is 0.191 e. The summed E-state index contributed by atoms with van der Waals surface area (Å²) in [5.41, 5.74) is 1.14. The van der Waals surface area contributed by atoms with Crippen molar-refractivity contribution >= 4 is 5.96 Å². The Balaban J connectivity index is 1.84.